The van der Waals surface area contributed by atoms with E-state index in [1.807, 2.05) is 26.0 Å². The first-order valence-corrected chi connectivity index (χ1v) is 7.28. The smallest absolute Gasteiger partial charge is 0.254 e. The summed E-state index contributed by atoms with van der Waals surface area (Å²) in [4.78, 5) is 19.8. The zero-order valence-corrected chi connectivity index (χ0v) is 12.9. The summed E-state index contributed by atoms with van der Waals surface area (Å²) in [6.07, 6.45) is 2.21. The Labute approximate surface area is 124 Å². The van der Waals surface area contributed by atoms with Crippen LogP contribution in [0.3, 0.4) is 0 Å². The van der Waals surface area contributed by atoms with Crippen molar-refractivity contribution in [2.24, 2.45) is 0 Å². The summed E-state index contributed by atoms with van der Waals surface area (Å²) in [6.45, 7) is 5.89. The number of benzene rings is 1. The van der Waals surface area contributed by atoms with Crippen LogP contribution < -0.4 is 10.3 Å². The molecule has 1 aliphatic rings. The molecule has 0 saturated heterocycles. The summed E-state index contributed by atoms with van der Waals surface area (Å²) in [5.41, 5.74) is 4.47. The maximum Gasteiger partial charge on any atom is 0.254 e. The monoisotopic (exact) mass is 284 g/mol. The molecule has 1 aromatic heterocycles. The van der Waals surface area contributed by atoms with Crippen molar-refractivity contribution in [3.63, 3.8) is 0 Å². The lowest BCUT2D eigenvalue weighted by Gasteiger charge is -2.15. The Morgan fingerprint density at radius 3 is 2.52 bits per heavy atom. The molecule has 0 atom stereocenters. The van der Waals surface area contributed by atoms with Gasteiger partial charge in [0, 0.05) is 17.0 Å². The van der Waals surface area contributed by atoms with Gasteiger partial charge in [-0.2, -0.15) is 0 Å². The van der Waals surface area contributed by atoms with Gasteiger partial charge in [0.1, 0.15) is 11.6 Å². The fraction of sp³-hybridized carbons (Fsp3) is 0.412. The van der Waals surface area contributed by atoms with Crippen LogP contribution in [0.2, 0.25) is 0 Å². The van der Waals surface area contributed by atoms with Gasteiger partial charge in [0.2, 0.25) is 0 Å². The number of hydrogen-bond acceptors (Lipinski definition) is 3. The van der Waals surface area contributed by atoms with Gasteiger partial charge in [-0.15, -0.1) is 0 Å². The second kappa shape index (κ2) is 5.02. The molecule has 0 aliphatic heterocycles. The van der Waals surface area contributed by atoms with Gasteiger partial charge in [0.05, 0.1) is 12.8 Å². The van der Waals surface area contributed by atoms with E-state index in [9.17, 15) is 4.79 Å². The minimum absolute atomic E-state index is 0.0535. The van der Waals surface area contributed by atoms with Crippen LogP contribution in [0.4, 0.5) is 0 Å². The Bertz CT molecular complexity index is 758. The van der Waals surface area contributed by atoms with E-state index < -0.39 is 0 Å². The average molecular weight is 284 g/mol. The Morgan fingerprint density at radius 2 is 1.90 bits per heavy atom. The number of nitrogens with zero attached hydrogens (tertiary/aromatic N) is 1. The predicted molar refractivity (Wildman–Crippen MR) is 83.0 cm³/mol. The first kappa shape index (κ1) is 13.9. The van der Waals surface area contributed by atoms with Crippen LogP contribution in [0.15, 0.2) is 16.9 Å². The van der Waals surface area contributed by atoms with Crippen molar-refractivity contribution in [1.82, 2.24) is 9.97 Å². The predicted octanol–water partition coefficient (Wildman–Crippen LogP) is 3.25. The van der Waals surface area contributed by atoms with Crippen LogP contribution in [0.1, 0.15) is 41.3 Å². The zero-order valence-electron chi connectivity index (χ0n) is 12.9. The summed E-state index contributed by atoms with van der Waals surface area (Å²) >= 11 is 0. The van der Waals surface area contributed by atoms with Crippen molar-refractivity contribution in [3.8, 4) is 17.0 Å². The molecule has 110 valence electrons. The van der Waals surface area contributed by atoms with Crippen molar-refractivity contribution in [3.05, 3.63) is 45.0 Å². The lowest BCUT2D eigenvalue weighted by Crippen LogP contribution is -2.16. The van der Waals surface area contributed by atoms with E-state index in [0.29, 0.717) is 11.5 Å². The highest BCUT2D eigenvalue weighted by molar-refractivity contribution is 5.72. The number of aromatic amines is 1. The van der Waals surface area contributed by atoms with Gasteiger partial charge in [-0.05, 0) is 50.8 Å². The van der Waals surface area contributed by atoms with Crippen molar-refractivity contribution in [1.29, 1.82) is 0 Å². The summed E-state index contributed by atoms with van der Waals surface area (Å²) in [6, 6.07) is 4.04. The van der Waals surface area contributed by atoms with E-state index in [1.54, 1.807) is 7.11 Å². The highest BCUT2D eigenvalue weighted by Crippen LogP contribution is 2.39. The largest absolute Gasteiger partial charge is 0.496 e. The zero-order chi connectivity index (χ0) is 15.1. The second-order valence-electron chi connectivity index (χ2n) is 5.79. The fourth-order valence-corrected chi connectivity index (χ4v) is 2.60. The Hall–Kier alpha value is -2.10. The molecule has 0 radical (unpaired) electrons. The molecule has 3 rings (SSSR count). The first-order chi connectivity index (χ1) is 10.0. The molecule has 4 nitrogen and oxygen atoms in total. The summed E-state index contributed by atoms with van der Waals surface area (Å²) in [7, 11) is 1.66. The molecular weight excluding hydrogens is 264 g/mol. The third-order valence-corrected chi connectivity index (χ3v) is 4.27. The molecule has 1 aliphatic carbocycles. The molecule has 1 fully saturated rings. The maximum absolute atomic E-state index is 12.2. The van der Waals surface area contributed by atoms with Crippen molar-refractivity contribution < 1.29 is 4.74 Å². The number of ether oxygens (including phenoxy) is 1. The second-order valence-corrected chi connectivity index (χ2v) is 5.79. The third-order valence-electron chi connectivity index (χ3n) is 4.27. The number of hydrogen-bond donors (Lipinski definition) is 1. The van der Waals surface area contributed by atoms with Gasteiger partial charge < -0.3 is 9.72 Å². The highest BCUT2D eigenvalue weighted by Gasteiger charge is 2.27. The minimum Gasteiger partial charge on any atom is -0.496 e. The van der Waals surface area contributed by atoms with Gasteiger partial charge in [-0.3, -0.25) is 4.79 Å². The minimum atomic E-state index is -0.0535. The lowest BCUT2D eigenvalue weighted by atomic mass is 10.00. The van der Waals surface area contributed by atoms with E-state index >= 15 is 0 Å². The maximum atomic E-state index is 12.2. The van der Waals surface area contributed by atoms with E-state index in [4.69, 9.17) is 9.72 Å². The number of nitrogens with one attached hydrogen (secondary N) is 1. The summed E-state index contributed by atoms with van der Waals surface area (Å²) in [5, 5.41) is 0. The average Bonchev–Trinajstić information content (AvgIpc) is 3.29. The van der Waals surface area contributed by atoms with E-state index in [1.165, 1.54) is 5.56 Å². The Balaban J connectivity index is 2.25. The van der Waals surface area contributed by atoms with Gasteiger partial charge in [0.15, 0.2) is 0 Å². The molecule has 1 N–H and O–H groups in total. The number of rotatable bonds is 3. The normalized spacial score (nSPS) is 14.3. The van der Waals surface area contributed by atoms with E-state index in [2.05, 4.69) is 11.9 Å². The summed E-state index contributed by atoms with van der Waals surface area (Å²) < 4.78 is 5.57. The standard InChI is InChI=1S/C17H20N2O2/c1-9-5-8-13(15(21-4)10(9)2)14-11(3)17(20)19-16(18-14)12-6-7-12/h5,8,12H,6-7H2,1-4H3,(H,18,19,20). The van der Waals surface area contributed by atoms with Crippen molar-refractivity contribution in [2.45, 2.75) is 39.5 Å². The van der Waals surface area contributed by atoms with Crippen molar-refractivity contribution >= 4 is 0 Å². The SMILES string of the molecule is COc1c(-c2nc(C3CC3)[nH]c(=O)c2C)ccc(C)c1C. The highest BCUT2D eigenvalue weighted by atomic mass is 16.5. The first-order valence-electron chi connectivity index (χ1n) is 7.28. The third kappa shape index (κ3) is 2.35. The molecule has 0 amide bonds. The summed E-state index contributed by atoms with van der Waals surface area (Å²) in [5.74, 6) is 2.02. The van der Waals surface area contributed by atoms with Gasteiger partial charge in [-0.1, -0.05) is 6.07 Å². The van der Waals surface area contributed by atoms with Crippen LogP contribution in [-0.2, 0) is 0 Å². The molecule has 0 bridgehead atoms. The molecule has 4 heteroatoms. The molecular formula is C17H20N2O2. The van der Waals surface area contributed by atoms with Crippen LogP contribution in [0, 0.1) is 20.8 Å². The fourth-order valence-electron chi connectivity index (χ4n) is 2.60. The van der Waals surface area contributed by atoms with Gasteiger partial charge in [-0.25, -0.2) is 4.98 Å². The number of aryl methyl sites for hydroxylation is 1. The van der Waals surface area contributed by atoms with E-state index in [0.717, 1.165) is 41.2 Å². The quantitative estimate of drug-likeness (QED) is 0.941. The number of methoxy groups -OCH3 is 1. The number of aromatic nitrogens is 2. The molecule has 1 aromatic carbocycles. The Kier molecular flexibility index (Phi) is 3.32. The molecule has 0 unspecified atom stereocenters. The molecule has 1 saturated carbocycles. The number of H-pyrrole nitrogens is 1. The molecule has 0 spiro atoms. The molecule has 21 heavy (non-hydrogen) atoms. The van der Waals surface area contributed by atoms with Gasteiger partial charge >= 0.3 is 0 Å². The topological polar surface area (TPSA) is 55.0 Å². The van der Waals surface area contributed by atoms with Crippen LogP contribution in [0.5, 0.6) is 5.75 Å². The molecule has 1 heterocycles. The van der Waals surface area contributed by atoms with Crippen LogP contribution >= 0.6 is 0 Å². The van der Waals surface area contributed by atoms with Crippen LogP contribution in [-0.4, -0.2) is 17.1 Å². The van der Waals surface area contributed by atoms with E-state index in [-0.39, 0.29) is 5.56 Å². The van der Waals surface area contributed by atoms with Crippen molar-refractivity contribution in [2.75, 3.05) is 7.11 Å². The lowest BCUT2D eigenvalue weighted by molar-refractivity contribution is 0.412. The van der Waals surface area contributed by atoms with Gasteiger partial charge in [0.25, 0.3) is 5.56 Å². The Morgan fingerprint density at radius 1 is 1.19 bits per heavy atom. The van der Waals surface area contributed by atoms with Crippen LogP contribution in [0.25, 0.3) is 11.3 Å². The molecule has 2 aromatic rings.